The standard InChI is InChI=1S/C17H19ClN4O3/c1-24-15-9-14(19)13(18)8-12(15)17(23)21-11-2-3-16(20-10-11)22-4-6-25-7-5-22/h2-3,8-10H,4-7,19H2,1H3,(H,21,23). The van der Waals surface area contributed by atoms with Crippen molar-refractivity contribution in [1.29, 1.82) is 0 Å². The number of nitrogen functional groups attached to an aromatic ring is 1. The van der Waals surface area contributed by atoms with E-state index in [0.717, 1.165) is 18.9 Å². The van der Waals surface area contributed by atoms with Crippen LogP contribution in [0.25, 0.3) is 0 Å². The van der Waals surface area contributed by atoms with E-state index < -0.39 is 0 Å². The molecule has 1 fully saturated rings. The Labute approximate surface area is 150 Å². The number of halogens is 1. The van der Waals surface area contributed by atoms with Crippen molar-refractivity contribution < 1.29 is 14.3 Å². The second kappa shape index (κ2) is 7.58. The summed E-state index contributed by atoms with van der Waals surface area (Å²) in [5.41, 5.74) is 6.98. The highest BCUT2D eigenvalue weighted by Gasteiger charge is 2.16. The van der Waals surface area contributed by atoms with E-state index in [1.54, 1.807) is 12.3 Å². The molecule has 0 aliphatic carbocycles. The van der Waals surface area contributed by atoms with Crippen LogP contribution in [0, 0.1) is 0 Å². The van der Waals surface area contributed by atoms with Gasteiger partial charge in [-0.05, 0) is 18.2 Å². The van der Waals surface area contributed by atoms with Crippen molar-refractivity contribution in [2.24, 2.45) is 0 Å². The highest BCUT2D eigenvalue weighted by molar-refractivity contribution is 6.33. The van der Waals surface area contributed by atoms with Gasteiger partial charge in [0.25, 0.3) is 5.91 Å². The summed E-state index contributed by atoms with van der Waals surface area (Å²) in [5, 5.41) is 3.08. The molecule has 0 spiro atoms. The Morgan fingerprint density at radius 2 is 2.12 bits per heavy atom. The number of nitrogens with one attached hydrogen (secondary N) is 1. The first-order valence-electron chi connectivity index (χ1n) is 7.81. The van der Waals surface area contributed by atoms with E-state index in [2.05, 4.69) is 15.2 Å². The number of rotatable bonds is 4. The van der Waals surface area contributed by atoms with Gasteiger partial charge in [0.1, 0.15) is 11.6 Å². The van der Waals surface area contributed by atoms with E-state index >= 15 is 0 Å². The Morgan fingerprint density at radius 3 is 2.76 bits per heavy atom. The van der Waals surface area contributed by atoms with E-state index in [9.17, 15) is 4.79 Å². The third-order valence-corrected chi connectivity index (χ3v) is 4.23. The molecule has 3 rings (SSSR count). The molecule has 0 saturated carbocycles. The molecule has 3 N–H and O–H groups in total. The summed E-state index contributed by atoms with van der Waals surface area (Å²) >= 11 is 6.01. The number of carbonyl (C=O) groups is 1. The Bertz CT molecular complexity index is 761. The van der Waals surface area contributed by atoms with Gasteiger partial charge in [0.2, 0.25) is 0 Å². The molecule has 8 heteroatoms. The summed E-state index contributed by atoms with van der Waals surface area (Å²) in [7, 11) is 1.47. The first-order chi connectivity index (χ1) is 12.1. The average Bonchev–Trinajstić information content (AvgIpc) is 2.65. The van der Waals surface area contributed by atoms with Crippen LogP contribution in [0.4, 0.5) is 17.2 Å². The zero-order valence-electron chi connectivity index (χ0n) is 13.8. The molecule has 0 atom stereocenters. The Hall–Kier alpha value is -2.51. The predicted octanol–water partition coefficient (Wildman–Crippen LogP) is 2.41. The molecule has 1 aliphatic rings. The number of benzene rings is 1. The highest BCUT2D eigenvalue weighted by Crippen LogP contribution is 2.29. The van der Waals surface area contributed by atoms with E-state index in [4.69, 9.17) is 26.8 Å². The number of anilines is 3. The number of hydrogen-bond acceptors (Lipinski definition) is 6. The molecule has 1 aromatic heterocycles. The number of nitrogens with zero attached hydrogens (tertiary/aromatic N) is 2. The van der Waals surface area contributed by atoms with E-state index in [1.165, 1.54) is 19.2 Å². The lowest BCUT2D eigenvalue weighted by Gasteiger charge is -2.27. The number of aromatic nitrogens is 1. The number of pyridine rings is 1. The molecule has 7 nitrogen and oxygen atoms in total. The van der Waals surface area contributed by atoms with Crippen molar-refractivity contribution in [1.82, 2.24) is 4.98 Å². The summed E-state index contributed by atoms with van der Waals surface area (Å²) in [6.45, 7) is 3.00. The van der Waals surface area contributed by atoms with E-state index in [-0.39, 0.29) is 5.91 Å². The molecule has 1 saturated heterocycles. The lowest BCUT2D eigenvalue weighted by molar-refractivity contribution is 0.102. The third-order valence-electron chi connectivity index (χ3n) is 3.90. The molecule has 1 aromatic carbocycles. The van der Waals surface area contributed by atoms with Crippen LogP contribution in [-0.4, -0.2) is 44.3 Å². The molecule has 2 heterocycles. The van der Waals surface area contributed by atoms with Crippen LogP contribution in [0.5, 0.6) is 5.75 Å². The Balaban J connectivity index is 1.74. The molecular formula is C17H19ClN4O3. The van der Waals surface area contributed by atoms with Crippen molar-refractivity contribution in [2.75, 3.05) is 49.4 Å². The van der Waals surface area contributed by atoms with E-state index in [0.29, 0.717) is 40.9 Å². The largest absolute Gasteiger partial charge is 0.496 e. The Kier molecular flexibility index (Phi) is 5.25. The Morgan fingerprint density at radius 1 is 1.36 bits per heavy atom. The molecule has 132 valence electrons. The maximum Gasteiger partial charge on any atom is 0.259 e. The van der Waals surface area contributed by atoms with Gasteiger partial charge in [0, 0.05) is 19.2 Å². The highest BCUT2D eigenvalue weighted by atomic mass is 35.5. The first-order valence-corrected chi connectivity index (χ1v) is 8.19. The monoisotopic (exact) mass is 362 g/mol. The summed E-state index contributed by atoms with van der Waals surface area (Å²) in [4.78, 5) is 19.0. The number of amides is 1. The fourth-order valence-electron chi connectivity index (χ4n) is 2.55. The predicted molar refractivity (Wildman–Crippen MR) is 97.6 cm³/mol. The second-order valence-corrected chi connectivity index (χ2v) is 5.94. The molecule has 0 bridgehead atoms. The van der Waals surface area contributed by atoms with Crippen LogP contribution >= 0.6 is 11.6 Å². The van der Waals surface area contributed by atoms with Crippen molar-refractivity contribution in [3.8, 4) is 5.75 Å². The van der Waals surface area contributed by atoms with Crippen LogP contribution in [0.3, 0.4) is 0 Å². The summed E-state index contributed by atoms with van der Waals surface area (Å²) in [5.74, 6) is 0.867. The smallest absolute Gasteiger partial charge is 0.259 e. The van der Waals surface area contributed by atoms with E-state index in [1.807, 2.05) is 6.07 Å². The number of nitrogens with two attached hydrogens (primary N) is 1. The lowest BCUT2D eigenvalue weighted by Crippen LogP contribution is -2.36. The minimum absolute atomic E-state index is 0.298. The molecule has 25 heavy (non-hydrogen) atoms. The van der Waals surface area contributed by atoms with Crippen molar-refractivity contribution in [2.45, 2.75) is 0 Å². The number of carbonyl (C=O) groups excluding carboxylic acids is 1. The van der Waals surface area contributed by atoms with Crippen LogP contribution < -0.4 is 20.7 Å². The van der Waals surface area contributed by atoms with Gasteiger partial charge >= 0.3 is 0 Å². The summed E-state index contributed by atoms with van der Waals surface area (Å²) < 4.78 is 10.5. The van der Waals surface area contributed by atoms with Crippen LogP contribution in [0.2, 0.25) is 5.02 Å². The van der Waals surface area contributed by atoms with Gasteiger partial charge < -0.3 is 25.4 Å². The van der Waals surface area contributed by atoms with Crippen molar-refractivity contribution in [3.63, 3.8) is 0 Å². The summed E-state index contributed by atoms with van der Waals surface area (Å²) in [6, 6.07) is 6.69. The zero-order chi connectivity index (χ0) is 17.8. The van der Waals surface area contributed by atoms with Crippen LogP contribution in [-0.2, 0) is 4.74 Å². The van der Waals surface area contributed by atoms with Gasteiger partial charge in [-0.15, -0.1) is 0 Å². The van der Waals surface area contributed by atoms with Gasteiger partial charge in [0.05, 0.1) is 48.5 Å². The molecule has 0 unspecified atom stereocenters. The van der Waals surface area contributed by atoms with Gasteiger partial charge in [-0.25, -0.2) is 4.98 Å². The average molecular weight is 363 g/mol. The maximum absolute atomic E-state index is 12.5. The van der Waals surface area contributed by atoms with Crippen LogP contribution in [0.1, 0.15) is 10.4 Å². The number of ether oxygens (including phenoxy) is 2. The quantitative estimate of drug-likeness (QED) is 0.812. The molecule has 2 aromatic rings. The molecular weight excluding hydrogens is 344 g/mol. The minimum atomic E-state index is -0.348. The number of methoxy groups -OCH3 is 1. The van der Waals surface area contributed by atoms with Crippen molar-refractivity contribution in [3.05, 3.63) is 41.0 Å². The third kappa shape index (κ3) is 3.94. The SMILES string of the molecule is COc1cc(N)c(Cl)cc1C(=O)Nc1ccc(N2CCOCC2)nc1. The zero-order valence-corrected chi connectivity index (χ0v) is 14.5. The normalized spacial score (nSPS) is 14.2. The molecule has 1 aliphatic heterocycles. The second-order valence-electron chi connectivity index (χ2n) is 5.53. The number of morpholine rings is 1. The molecule has 1 amide bonds. The van der Waals surface area contributed by atoms with Crippen LogP contribution in [0.15, 0.2) is 30.5 Å². The van der Waals surface area contributed by atoms with Gasteiger partial charge in [0.15, 0.2) is 0 Å². The molecule has 0 radical (unpaired) electrons. The van der Waals surface area contributed by atoms with Gasteiger partial charge in [-0.1, -0.05) is 11.6 Å². The lowest BCUT2D eigenvalue weighted by atomic mass is 10.1. The fraction of sp³-hybridized carbons (Fsp3) is 0.294. The van der Waals surface area contributed by atoms with Gasteiger partial charge in [-0.3, -0.25) is 4.79 Å². The minimum Gasteiger partial charge on any atom is -0.496 e. The van der Waals surface area contributed by atoms with Crippen molar-refractivity contribution >= 4 is 34.7 Å². The maximum atomic E-state index is 12.5. The summed E-state index contributed by atoms with van der Waals surface area (Å²) in [6.07, 6.45) is 1.62. The number of hydrogen-bond donors (Lipinski definition) is 2. The first kappa shape index (κ1) is 17.3. The van der Waals surface area contributed by atoms with Gasteiger partial charge in [-0.2, -0.15) is 0 Å². The fourth-order valence-corrected chi connectivity index (χ4v) is 2.72. The topological polar surface area (TPSA) is 89.7 Å².